The molecule has 11 nitrogen and oxygen atoms in total. The maximum atomic E-state index is 12.4. The van der Waals surface area contributed by atoms with Gasteiger partial charge in [0.05, 0.1) is 42.7 Å². The zero-order valence-corrected chi connectivity index (χ0v) is 20.8. The largest absolute Gasteiger partial charge is 0.493 e. The highest BCUT2D eigenvalue weighted by atomic mass is 16.5. The van der Waals surface area contributed by atoms with Gasteiger partial charge in [-0.2, -0.15) is 0 Å². The standard InChI is InChI=1S/C25H27N3O8/c1-31-16-7-12(8-17(32-2)22(16)35-5)14-11-15(21(25(27)30)28-20(14)24(26)29)13-9-18(33-3)23(36-6)19(10-13)34-4/h7-11H,1-6H3,(H2,26,29)(H2,27,30). The first-order chi connectivity index (χ1) is 17.2. The fraction of sp³-hybridized carbons (Fsp3) is 0.240. The quantitative estimate of drug-likeness (QED) is 0.430. The third-order valence-corrected chi connectivity index (χ3v) is 5.44. The molecule has 0 aliphatic rings. The number of methoxy groups -OCH3 is 6. The van der Waals surface area contributed by atoms with Crippen molar-refractivity contribution in [2.24, 2.45) is 11.5 Å². The zero-order valence-electron chi connectivity index (χ0n) is 20.8. The first-order valence-electron chi connectivity index (χ1n) is 10.5. The Labute approximate surface area is 207 Å². The van der Waals surface area contributed by atoms with E-state index in [2.05, 4.69) is 4.98 Å². The number of hydrogen-bond acceptors (Lipinski definition) is 9. The molecular weight excluding hydrogens is 470 g/mol. The number of carbonyl (C=O) groups is 2. The Morgan fingerprint density at radius 3 is 1.08 bits per heavy atom. The number of nitrogens with two attached hydrogens (primary N) is 2. The van der Waals surface area contributed by atoms with Gasteiger partial charge >= 0.3 is 0 Å². The van der Waals surface area contributed by atoms with Gasteiger partial charge in [0.15, 0.2) is 23.0 Å². The number of aromatic nitrogens is 1. The van der Waals surface area contributed by atoms with E-state index in [1.54, 1.807) is 30.3 Å². The van der Waals surface area contributed by atoms with Gasteiger partial charge in [0, 0.05) is 11.1 Å². The van der Waals surface area contributed by atoms with Crippen molar-refractivity contribution >= 4 is 11.8 Å². The second-order valence-corrected chi connectivity index (χ2v) is 7.34. The van der Waals surface area contributed by atoms with Crippen LogP contribution in [0, 0.1) is 0 Å². The minimum Gasteiger partial charge on any atom is -0.493 e. The molecule has 0 spiro atoms. The van der Waals surface area contributed by atoms with Crippen molar-refractivity contribution in [3.05, 3.63) is 41.7 Å². The SMILES string of the molecule is COc1cc(-c2cc(-c3cc(OC)c(OC)c(OC)c3)c(C(N)=O)nc2C(N)=O)cc(OC)c1OC. The van der Waals surface area contributed by atoms with Crippen LogP contribution in [-0.4, -0.2) is 59.5 Å². The molecule has 0 radical (unpaired) electrons. The van der Waals surface area contributed by atoms with Crippen LogP contribution in [0.2, 0.25) is 0 Å². The van der Waals surface area contributed by atoms with Crippen molar-refractivity contribution in [1.29, 1.82) is 0 Å². The molecular formula is C25H27N3O8. The van der Waals surface area contributed by atoms with E-state index in [9.17, 15) is 9.59 Å². The third-order valence-electron chi connectivity index (χ3n) is 5.44. The number of pyridine rings is 1. The highest BCUT2D eigenvalue weighted by molar-refractivity contribution is 6.04. The van der Waals surface area contributed by atoms with Gasteiger partial charge in [0.2, 0.25) is 11.5 Å². The maximum Gasteiger partial charge on any atom is 0.267 e. The van der Waals surface area contributed by atoms with Crippen LogP contribution in [0.5, 0.6) is 34.5 Å². The number of nitrogens with zero attached hydrogens (tertiary/aromatic N) is 1. The van der Waals surface area contributed by atoms with Crippen LogP contribution in [0.4, 0.5) is 0 Å². The summed E-state index contributed by atoms with van der Waals surface area (Å²) in [6.07, 6.45) is 0. The summed E-state index contributed by atoms with van der Waals surface area (Å²) in [6.45, 7) is 0. The number of ether oxygens (including phenoxy) is 6. The van der Waals surface area contributed by atoms with E-state index >= 15 is 0 Å². The number of hydrogen-bond donors (Lipinski definition) is 2. The Morgan fingerprint density at radius 2 is 0.861 bits per heavy atom. The first kappa shape index (κ1) is 25.9. The van der Waals surface area contributed by atoms with E-state index in [0.717, 1.165) is 0 Å². The van der Waals surface area contributed by atoms with Crippen molar-refractivity contribution in [3.63, 3.8) is 0 Å². The molecule has 2 amide bonds. The average molecular weight is 498 g/mol. The van der Waals surface area contributed by atoms with Crippen molar-refractivity contribution in [2.75, 3.05) is 42.7 Å². The number of amides is 2. The Balaban J connectivity index is 2.42. The number of rotatable bonds is 10. The molecule has 190 valence electrons. The smallest absolute Gasteiger partial charge is 0.267 e. The topological polar surface area (TPSA) is 154 Å². The Morgan fingerprint density at radius 1 is 0.556 bits per heavy atom. The molecule has 0 saturated heterocycles. The fourth-order valence-electron chi connectivity index (χ4n) is 3.80. The summed E-state index contributed by atoms with van der Waals surface area (Å²) in [4.78, 5) is 29.1. The molecule has 4 N–H and O–H groups in total. The molecule has 3 rings (SSSR count). The number of carbonyl (C=O) groups excluding carboxylic acids is 2. The van der Waals surface area contributed by atoms with Crippen molar-refractivity contribution < 1.29 is 38.0 Å². The average Bonchev–Trinajstić information content (AvgIpc) is 2.90. The summed E-state index contributed by atoms with van der Waals surface area (Å²) < 4.78 is 32.5. The predicted octanol–water partition coefficient (Wildman–Crippen LogP) is 2.67. The monoisotopic (exact) mass is 497 g/mol. The van der Waals surface area contributed by atoms with E-state index in [-0.39, 0.29) is 11.4 Å². The highest BCUT2D eigenvalue weighted by Gasteiger charge is 2.25. The lowest BCUT2D eigenvalue weighted by Crippen LogP contribution is -2.21. The number of primary amides is 2. The van der Waals surface area contributed by atoms with E-state index in [1.165, 1.54) is 42.7 Å². The molecule has 0 saturated carbocycles. The maximum absolute atomic E-state index is 12.4. The molecule has 0 bridgehead atoms. The van der Waals surface area contributed by atoms with Crippen LogP contribution in [0.3, 0.4) is 0 Å². The molecule has 1 heterocycles. The summed E-state index contributed by atoms with van der Waals surface area (Å²) in [5, 5.41) is 0. The molecule has 36 heavy (non-hydrogen) atoms. The van der Waals surface area contributed by atoms with Gasteiger partial charge in [-0.3, -0.25) is 9.59 Å². The lowest BCUT2D eigenvalue weighted by molar-refractivity contribution is 0.0993. The summed E-state index contributed by atoms with van der Waals surface area (Å²) in [6, 6.07) is 8.11. The van der Waals surface area contributed by atoms with Crippen LogP contribution < -0.4 is 39.9 Å². The molecule has 0 aliphatic carbocycles. The van der Waals surface area contributed by atoms with Gasteiger partial charge in [0.25, 0.3) is 11.8 Å². The molecule has 1 aromatic heterocycles. The summed E-state index contributed by atoms with van der Waals surface area (Å²) in [7, 11) is 8.80. The van der Waals surface area contributed by atoms with Crippen molar-refractivity contribution in [1.82, 2.24) is 4.98 Å². The second-order valence-electron chi connectivity index (χ2n) is 7.34. The molecule has 0 aliphatic heterocycles. The zero-order chi connectivity index (χ0) is 26.6. The van der Waals surface area contributed by atoms with Crippen LogP contribution in [-0.2, 0) is 0 Å². The molecule has 11 heteroatoms. The normalized spacial score (nSPS) is 10.4. The summed E-state index contributed by atoms with van der Waals surface area (Å²) >= 11 is 0. The van der Waals surface area contributed by atoms with Gasteiger partial charge in [-0.15, -0.1) is 0 Å². The van der Waals surface area contributed by atoms with Gasteiger partial charge < -0.3 is 39.9 Å². The molecule has 0 atom stereocenters. The van der Waals surface area contributed by atoms with Crippen LogP contribution in [0.1, 0.15) is 21.0 Å². The third kappa shape index (κ3) is 4.63. The minimum atomic E-state index is -0.863. The van der Waals surface area contributed by atoms with Gasteiger partial charge in [-0.25, -0.2) is 4.98 Å². The molecule has 0 unspecified atom stereocenters. The van der Waals surface area contributed by atoms with E-state index < -0.39 is 11.8 Å². The van der Waals surface area contributed by atoms with Crippen LogP contribution in [0.15, 0.2) is 30.3 Å². The van der Waals surface area contributed by atoms with E-state index in [4.69, 9.17) is 39.9 Å². The van der Waals surface area contributed by atoms with E-state index in [1.807, 2.05) is 0 Å². The molecule has 0 fully saturated rings. The number of benzene rings is 2. The molecule has 3 aromatic rings. The molecule has 2 aromatic carbocycles. The minimum absolute atomic E-state index is 0.172. The first-order valence-corrected chi connectivity index (χ1v) is 10.5. The summed E-state index contributed by atoms with van der Waals surface area (Å²) in [5.74, 6) is 0.361. The van der Waals surface area contributed by atoms with Crippen LogP contribution >= 0.6 is 0 Å². The Bertz CT molecular complexity index is 1180. The fourth-order valence-corrected chi connectivity index (χ4v) is 3.80. The van der Waals surface area contributed by atoms with E-state index in [0.29, 0.717) is 56.8 Å². The van der Waals surface area contributed by atoms with Gasteiger partial charge in [-0.1, -0.05) is 0 Å². The lowest BCUT2D eigenvalue weighted by atomic mass is 9.95. The second kappa shape index (κ2) is 10.7. The van der Waals surface area contributed by atoms with Crippen molar-refractivity contribution in [3.8, 4) is 56.8 Å². The Hall–Kier alpha value is -4.67. The summed E-state index contributed by atoms with van der Waals surface area (Å²) in [5.41, 5.74) is 12.5. The van der Waals surface area contributed by atoms with Crippen LogP contribution in [0.25, 0.3) is 22.3 Å². The highest BCUT2D eigenvalue weighted by Crippen LogP contribution is 2.45. The predicted molar refractivity (Wildman–Crippen MR) is 131 cm³/mol. The van der Waals surface area contributed by atoms with Gasteiger partial charge in [-0.05, 0) is 41.5 Å². The Kier molecular flexibility index (Phi) is 7.73. The van der Waals surface area contributed by atoms with Crippen molar-refractivity contribution in [2.45, 2.75) is 0 Å². The lowest BCUT2D eigenvalue weighted by Gasteiger charge is -2.18. The van der Waals surface area contributed by atoms with Gasteiger partial charge in [0.1, 0.15) is 11.4 Å².